The lowest BCUT2D eigenvalue weighted by Gasteiger charge is -2.33. The maximum Gasteiger partial charge on any atom is 0.322 e. The van der Waals surface area contributed by atoms with Crippen LogP contribution in [0.1, 0.15) is 17.2 Å². The number of carbonyl (C=O) groups is 2. The van der Waals surface area contributed by atoms with Gasteiger partial charge in [-0.15, -0.1) is 6.58 Å². The second-order valence-corrected chi connectivity index (χ2v) is 6.58. The van der Waals surface area contributed by atoms with Crippen LogP contribution in [0.3, 0.4) is 0 Å². The van der Waals surface area contributed by atoms with Crippen molar-refractivity contribution in [2.45, 2.75) is 12.6 Å². The molecular formula is C21H20N4O2. The molecule has 0 saturated heterocycles. The molecule has 0 saturated carbocycles. The van der Waals surface area contributed by atoms with Crippen LogP contribution in [0.4, 0.5) is 4.79 Å². The number of carbonyl (C=O) groups excluding carboxylic acids is 2. The number of hydrogen-bond acceptors (Lipinski definition) is 3. The van der Waals surface area contributed by atoms with Gasteiger partial charge in [-0.25, -0.2) is 4.79 Å². The SMILES string of the molecule is C=CCN1C(=O)N[C@H](c2ccccc2)C2=C1CN(Cc1cccnc1)C2=O. The van der Waals surface area contributed by atoms with Crippen molar-refractivity contribution in [3.63, 3.8) is 0 Å². The summed E-state index contributed by atoms with van der Waals surface area (Å²) in [5, 5.41) is 2.98. The molecule has 2 aliphatic rings. The van der Waals surface area contributed by atoms with Crippen molar-refractivity contribution in [1.82, 2.24) is 20.1 Å². The number of hydrogen-bond donors (Lipinski definition) is 1. The molecule has 27 heavy (non-hydrogen) atoms. The average molecular weight is 360 g/mol. The monoisotopic (exact) mass is 360 g/mol. The Labute approximate surface area is 157 Å². The van der Waals surface area contributed by atoms with E-state index in [4.69, 9.17) is 0 Å². The quantitative estimate of drug-likeness (QED) is 0.834. The molecule has 3 amide bonds. The highest BCUT2D eigenvalue weighted by Gasteiger charge is 2.43. The minimum absolute atomic E-state index is 0.0585. The van der Waals surface area contributed by atoms with Gasteiger partial charge in [-0.1, -0.05) is 42.5 Å². The van der Waals surface area contributed by atoms with Crippen LogP contribution < -0.4 is 5.32 Å². The van der Waals surface area contributed by atoms with Gasteiger partial charge in [0.25, 0.3) is 5.91 Å². The molecule has 1 N–H and O–H groups in total. The topological polar surface area (TPSA) is 65.5 Å². The maximum atomic E-state index is 13.2. The fourth-order valence-electron chi connectivity index (χ4n) is 3.61. The lowest BCUT2D eigenvalue weighted by molar-refractivity contribution is -0.126. The first-order chi connectivity index (χ1) is 13.2. The standard InChI is InChI=1S/C21H20N4O2/c1-2-11-25-17-14-24(13-15-7-6-10-22-12-15)20(26)18(17)19(23-21(25)27)16-8-4-3-5-9-16/h2-10,12,19H,1,11,13-14H2,(H,23,27)/t19-/m1/s1. The van der Waals surface area contributed by atoms with E-state index in [1.165, 1.54) is 0 Å². The van der Waals surface area contributed by atoms with Gasteiger partial charge >= 0.3 is 6.03 Å². The second-order valence-electron chi connectivity index (χ2n) is 6.58. The smallest absolute Gasteiger partial charge is 0.322 e. The van der Waals surface area contributed by atoms with Gasteiger partial charge in [-0.3, -0.25) is 14.7 Å². The highest BCUT2D eigenvalue weighted by molar-refractivity contribution is 6.01. The Morgan fingerprint density at radius 2 is 2.00 bits per heavy atom. The first kappa shape index (κ1) is 17.0. The summed E-state index contributed by atoms with van der Waals surface area (Å²) in [5.41, 5.74) is 3.23. The van der Waals surface area contributed by atoms with E-state index in [1.54, 1.807) is 28.3 Å². The van der Waals surface area contributed by atoms with Crippen LogP contribution in [0.5, 0.6) is 0 Å². The van der Waals surface area contributed by atoms with Crippen LogP contribution in [0.2, 0.25) is 0 Å². The minimum atomic E-state index is -0.443. The van der Waals surface area contributed by atoms with Crippen molar-refractivity contribution >= 4 is 11.9 Å². The van der Waals surface area contributed by atoms with Crippen molar-refractivity contribution in [2.75, 3.05) is 13.1 Å². The van der Waals surface area contributed by atoms with Gasteiger partial charge in [-0.05, 0) is 17.2 Å². The summed E-state index contributed by atoms with van der Waals surface area (Å²) in [6.07, 6.45) is 5.13. The van der Waals surface area contributed by atoms with Gasteiger partial charge in [-0.2, -0.15) is 0 Å². The number of amides is 3. The third kappa shape index (κ3) is 3.10. The average Bonchev–Trinajstić information content (AvgIpc) is 3.02. The largest absolute Gasteiger partial charge is 0.329 e. The Balaban J connectivity index is 1.70. The van der Waals surface area contributed by atoms with Crippen LogP contribution in [-0.2, 0) is 11.3 Å². The molecule has 2 aromatic rings. The number of nitrogens with zero attached hydrogens (tertiary/aromatic N) is 3. The molecule has 0 radical (unpaired) electrons. The summed E-state index contributed by atoms with van der Waals surface area (Å²) < 4.78 is 0. The Morgan fingerprint density at radius 1 is 1.19 bits per heavy atom. The number of benzene rings is 1. The summed E-state index contributed by atoms with van der Waals surface area (Å²) in [6, 6.07) is 12.7. The normalized spacial score (nSPS) is 19.2. The summed E-state index contributed by atoms with van der Waals surface area (Å²) >= 11 is 0. The van der Waals surface area contributed by atoms with E-state index >= 15 is 0 Å². The first-order valence-electron chi connectivity index (χ1n) is 8.84. The van der Waals surface area contributed by atoms with Crippen molar-refractivity contribution in [3.05, 3.63) is 89.9 Å². The van der Waals surface area contributed by atoms with Crippen molar-refractivity contribution in [1.29, 1.82) is 0 Å². The molecule has 6 nitrogen and oxygen atoms in total. The number of urea groups is 1. The number of rotatable bonds is 5. The Bertz CT molecular complexity index is 908. The molecule has 0 aliphatic carbocycles. The molecule has 0 bridgehead atoms. The molecule has 2 aliphatic heterocycles. The van der Waals surface area contributed by atoms with Crippen LogP contribution >= 0.6 is 0 Å². The minimum Gasteiger partial charge on any atom is -0.329 e. The second kappa shape index (κ2) is 7.07. The van der Waals surface area contributed by atoms with E-state index in [0.717, 1.165) is 16.8 Å². The molecule has 0 fully saturated rings. The van der Waals surface area contributed by atoms with Gasteiger partial charge in [0, 0.05) is 25.5 Å². The van der Waals surface area contributed by atoms with E-state index in [0.29, 0.717) is 25.2 Å². The third-order valence-electron chi connectivity index (χ3n) is 4.84. The fourth-order valence-corrected chi connectivity index (χ4v) is 3.61. The van der Waals surface area contributed by atoms with Crippen LogP contribution in [0, 0.1) is 0 Å². The molecule has 1 aromatic heterocycles. The summed E-state index contributed by atoms with van der Waals surface area (Å²) in [7, 11) is 0. The zero-order valence-corrected chi connectivity index (χ0v) is 14.8. The molecule has 1 aromatic carbocycles. The highest BCUT2D eigenvalue weighted by Crippen LogP contribution is 2.36. The van der Waals surface area contributed by atoms with E-state index in [1.807, 2.05) is 42.5 Å². The molecule has 4 rings (SSSR count). The van der Waals surface area contributed by atoms with E-state index in [9.17, 15) is 9.59 Å². The van der Waals surface area contributed by atoms with Crippen molar-refractivity contribution < 1.29 is 9.59 Å². The summed E-state index contributed by atoms with van der Waals surface area (Å²) in [4.78, 5) is 33.4. The van der Waals surface area contributed by atoms with Gasteiger partial charge in [0.1, 0.15) is 0 Å². The molecular weight excluding hydrogens is 340 g/mol. The summed E-state index contributed by atoms with van der Waals surface area (Å²) in [5.74, 6) is -0.0585. The van der Waals surface area contributed by atoms with Gasteiger partial charge in [0.05, 0.1) is 23.9 Å². The fraction of sp³-hybridized carbons (Fsp3) is 0.190. The van der Waals surface area contributed by atoms with Gasteiger partial charge in [0.2, 0.25) is 0 Å². The zero-order valence-electron chi connectivity index (χ0n) is 14.8. The Hall–Kier alpha value is -3.41. The first-order valence-corrected chi connectivity index (χ1v) is 8.84. The lowest BCUT2D eigenvalue weighted by Crippen LogP contribution is -2.47. The Kier molecular flexibility index (Phi) is 4.46. The maximum absolute atomic E-state index is 13.2. The number of aromatic nitrogens is 1. The molecule has 6 heteroatoms. The molecule has 0 unspecified atom stereocenters. The van der Waals surface area contributed by atoms with E-state index < -0.39 is 6.04 Å². The predicted molar refractivity (Wildman–Crippen MR) is 101 cm³/mol. The highest BCUT2D eigenvalue weighted by atomic mass is 16.2. The molecule has 1 atom stereocenters. The lowest BCUT2D eigenvalue weighted by atomic mass is 9.95. The zero-order chi connectivity index (χ0) is 18.8. The van der Waals surface area contributed by atoms with E-state index in [-0.39, 0.29) is 11.9 Å². The third-order valence-corrected chi connectivity index (χ3v) is 4.84. The molecule has 3 heterocycles. The van der Waals surface area contributed by atoms with Crippen LogP contribution in [0.15, 0.2) is 78.8 Å². The molecule has 0 spiro atoms. The van der Waals surface area contributed by atoms with Crippen LogP contribution in [0.25, 0.3) is 0 Å². The number of nitrogens with one attached hydrogen (secondary N) is 1. The molecule has 136 valence electrons. The van der Waals surface area contributed by atoms with Crippen LogP contribution in [-0.4, -0.2) is 39.8 Å². The van der Waals surface area contributed by atoms with Gasteiger partial charge < -0.3 is 10.2 Å². The Morgan fingerprint density at radius 3 is 2.70 bits per heavy atom. The summed E-state index contributed by atoms with van der Waals surface area (Å²) in [6.45, 7) is 4.95. The number of pyridine rings is 1. The van der Waals surface area contributed by atoms with Gasteiger partial charge in [0.15, 0.2) is 0 Å². The predicted octanol–water partition coefficient (Wildman–Crippen LogP) is 2.63. The van der Waals surface area contributed by atoms with Crippen molar-refractivity contribution in [2.24, 2.45) is 0 Å². The van der Waals surface area contributed by atoms with Crippen molar-refractivity contribution in [3.8, 4) is 0 Å². The van der Waals surface area contributed by atoms with E-state index in [2.05, 4.69) is 16.9 Å².